The molecule has 0 saturated heterocycles. The highest BCUT2D eigenvalue weighted by Crippen LogP contribution is 2.62. The van der Waals surface area contributed by atoms with Crippen LogP contribution in [0.5, 0.6) is 0 Å². The molecule has 3 rings (SSSR count). The first kappa shape index (κ1) is 13.1. The molecule has 104 valence electrons. The molecule has 2 heteroatoms. The van der Waals surface area contributed by atoms with E-state index in [1.54, 1.807) is 0 Å². The van der Waals surface area contributed by atoms with Crippen molar-refractivity contribution in [3.8, 4) is 0 Å². The molecule has 2 aliphatic rings. The van der Waals surface area contributed by atoms with Gasteiger partial charge in [-0.15, -0.1) is 0 Å². The molecule has 1 aromatic rings. The van der Waals surface area contributed by atoms with Crippen molar-refractivity contribution in [3.63, 3.8) is 0 Å². The van der Waals surface area contributed by atoms with E-state index in [0.717, 1.165) is 18.9 Å². The fourth-order valence-electron chi connectivity index (χ4n) is 4.70. The van der Waals surface area contributed by atoms with Gasteiger partial charge in [0.1, 0.15) is 0 Å². The van der Waals surface area contributed by atoms with Crippen LogP contribution < -0.4 is 5.32 Å². The first-order valence-electron chi connectivity index (χ1n) is 7.66. The van der Waals surface area contributed by atoms with E-state index in [1.807, 2.05) is 12.3 Å². The lowest BCUT2D eigenvalue weighted by atomic mass is 9.68. The molecule has 2 bridgehead atoms. The lowest BCUT2D eigenvalue weighted by Gasteiger charge is -2.43. The lowest BCUT2D eigenvalue weighted by Crippen LogP contribution is -2.50. The van der Waals surface area contributed by atoms with Crippen LogP contribution in [0.15, 0.2) is 24.4 Å². The van der Waals surface area contributed by atoms with Crippen LogP contribution >= 0.6 is 0 Å². The molecular weight excluding hydrogens is 232 g/mol. The van der Waals surface area contributed by atoms with Crippen molar-refractivity contribution in [1.82, 2.24) is 10.3 Å². The first-order valence-corrected chi connectivity index (χ1v) is 7.66. The number of aromatic nitrogens is 1. The van der Waals surface area contributed by atoms with Crippen molar-refractivity contribution >= 4 is 0 Å². The number of rotatable bonds is 4. The van der Waals surface area contributed by atoms with Gasteiger partial charge < -0.3 is 5.32 Å². The van der Waals surface area contributed by atoms with E-state index in [-0.39, 0.29) is 0 Å². The highest BCUT2D eigenvalue weighted by Gasteiger charge is 2.58. The Hall–Kier alpha value is -0.890. The summed E-state index contributed by atoms with van der Waals surface area (Å²) in [5.41, 5.74) is 2.18. The second-order valence-corrected chi connectivity index (χ2v) is 7.37. The molecule has 1 aromatic heterocycles. The largest absolute Gasteiger partial charge is 0.313 e. The number of hydrogen-bond donors (Lipinski definition) is 1. The minimum absolute atomic E-state index is 0.455. The van der Waals surface area contributed by atoms with Crippen LogP contribution in [0.3, 0.4) is 0 Å². The van der Waals surface area contributed by atoms with Gasteiger partial charge in [0.15, 0.2) is 0 Å². The van der Waals surface area contributed by atoms with Gasteiger partial charge in [-0.25, -0.2) is 0 Å². The molecule has 2 fully saturated rings. The maximum atomic E-state index is 4.40. The van der Waals surface area contributed by atoms with E-state index in [2.05, 4.69) is 43.2 Å². The zero-order valence-corrected chi connectivity index (χ0v) is 12.4. The second-order valence-electron chi connectivity index (χ2n) is 7.37. The summed E-state index contributed by atoms with van der Waals surface area (Å²) in [6.07, 6.45) is 7.18. The summed E-state index contributed by atoms with van der Waals surface area (Å²) in [6.45, 7) is 8.45. The monoisotopic (exact) mass is 258 g/mol. The highest BCUT2D eigenvalue weighted by atomic mass is 15.0. The minimum atomic E-state index is 0.455. The number of nitrogens with zero attached hydrogens (tertiary/aromatic N) is 1. The Balaban J connectivity index is 1.61. The molecule has 0 radical (unpaired) electrons. The fraction of sp³-hybridized carbons (Fsp3) is 0.706. The molecule has 19 heavy (non-hydrogen) atoms. The quantitative estimate of drug-likeness (QED) is 0.895. The Bertz CT molecular complexity index is 435. The first-order chi connectivity index (χ1) is 9.02. The average Bonchev–Trinajstić information content (AvgIpc) is 2.86. The summed E-state index contributed by atoms with van der Waals surface area (Å²) < 4.78 is 0. The van der Waals surface area contributed by atoms with Gasteiger partial charge in [0, 0.05) is 30.9 Å². The van der Waals surface area contributed by atoms with Crippen molar-refractivity contribution in [2.45, 2.75) is 52.5 Å². The normalized spacial score (nSPS) is 35.7. The number of hydrogen-bond acceptors (Lipinski definition) is 2. The fourth-order valence-corrected chi connectivity index (χ4v) is 4.70. The molecule has 2 saturated carbocycles. The van der Waals surface area contributed by atoms with Gasteiger partial charge in [0.05, 0.1) is 0 Å². The van der Waals surface area contributed by atoms with Gasteiger partial charge >= 0.3 is 0 Å². The van der Waals surface area contributed by atoms with E-state index in [4.69, 9.17) is 0 Å². The molecular formula is C17H26N2. The third-order valence-corrected chi connectivity index (χ3v) is 5.73. The van der Waals surface area contributed by atoms with E-state index in [1.165, 1.54) is 25.0 Å². The Morgan fingerprint density at radius 1 is 1.32 bits per heavy atom. The molecule has 1 N–H and O–H groups in total. The molecule has 2 nitrogen and oxygen atoms in total. The third-order valence-electron chi connectivity index (χ3n) is 5.73. The Morgan fingerprint density at radius 2 is 2.16 bits per heavy atom. The molecule has 0 amide bonds. The molecule has 0 aliphatic heterocycles. The average molecular weight is 258 g/mol. The molecule has 0 spiro atoms. The van der Waals surface area contributed by atoms with E-state index >= 15 is 0 Å². The van der Waals surface area contributed by atoms with Crippen molar-refractivity contribution in [2.24, 2.45) is 16.7 Å². The maximum absolute atomic E-state index is 4.40. The maximum Gasteiger partial charge on any atom is 0.0416 e. The molecule has 0 aromatic carbocycles. The van der Waals surface area contributed by atoms with E-state index < -0.39 is 0 Å². The standard InChI is InChI=1S/C17H26N2/c1-16(2)13-7-9-17(3,12-13)15(16)19-11-8-14-6-4-5-10-18-14/h4-6,10,13,15,19H,7-9,11-12H2,1-3H3. The summed E-state index contributed by atoms with van der Waals surface area (Å²) >= 11 is 0. The summed E-state index contributed by atoms with van der Waals surface area (Å²) in [5, 5.41) is 3.85. The van der Waals surface area contributed by atoms with Crippen LogP contribution in [0.2, 0.25) is 0 Å². The zero-order chi connectivity index (χ0) is 13.5. The highest BCUT2D eigenvalue weighted by molar-refractivity contribution is 5.12. The van der Waals surface area contributed by atoms with Crippen LogP contribution in [0.4, 0.5) is 0 Å². The predicted octanol–water partition coefficient (Wildman–Crippen LogP) is 3.43. The van der Waals surface area contributed by atoms with Crippen LogP contribution in [0, 0.1) is 16.7 Å². The third kappa shape index (κ3) is 2.20. The Kier molecular flexibility index (Phi) is 3.17. The van der Waals surface area contributed by atoms with Gasteiger partial charge in [0.25, 0.3) is 0 Å². The van der Waals surface area contributed by atoms with Gasteiger partial charge in [0.2, 0.25) is 0 Å². The molecule has 1 heterocycles. The van der Waals surface area contributed by atoms with Crippen LogP contribution in [0.25, 0.3) is 0 Å². The Labute approximate surface area is 117 Å². The molecule has 2 aliphatic carbocycles. The summed E-state index contributed by atoms with van der Waals surface area (Å²) in [7, 11) is 0. The van der Waals surface area contributed by atoms with E-state index in [9.17, 15) is 0 Å². The Morgan fingerprint density at radius 3 is 2.79 bits per heavy atom. The van der Waals surface area contributed by atoms with Crippen LogP contribution in [0.1, 0.15) is 45.7 Å². The second kappa shape index (κ2) is 4.59. The van der Waals surface area contributed by atoms with Crippen LogP contribution in [-0.4, -0.2) is 17.6 Å². The minimum Gasteiger partial charge on any atom is -0.313 e. The van der Waals surface area contributed by atoms with Crippen molar-refractivity contribution in [2.75, 3.05) is 6.54 Å². The smallest absolute Gasteiger partial charge is 0.0416 e. The van der Waals surface area contributed by atoms with Gasteiger partial charge in [-0.05, 0) is 48.1 Å². The molecule has 3 atom stereocenters. The van der Waals surface area contributed by atoms with Crippen molar-refractivity contribution < 1.29 is 0 Å². The predicted molar refractivity (Wildman–Crippen MR) is 79.0 cm³/mol. The van der Waals surface area contributed by atoms with Crippen molar-refractivity contribution in [3.05, 3.63) is 30.1 Å². The summed E-state index contributed by atoms with van der Waals surface area (Å²) in [6, 6.07) is 6.85. The number of nitrogens with one attached hydrogen (secondary N) is 1. The lowest BCUT2D eigenvalue weighted by molar-refractivity contribution is 0.110. The van der Waals surface area contributed by atoms with Gasteiger partial charge in [-0.1, -0.05) is 26.8 Å². The van der Waals surface area contributed by atoms with Crippen LogP contribution in [-0.2, 0) is 6.42 Å². The number of pyridine rings is 1. The molecule has 3 unspecified atom stereocenters. The zero-order valence-electron chi connectivity index (χ0n) is 12.4. The van der Waals surface area contributed by atoms with Crippen molar-refractivity contribution in [1.29, 1.82) is 0 Å². The van der Waals surface area contributed by atoms with Gasteiger partial charge in [-0.2, -0.15) is 0 Å². The topological polar surface area (TPSA) is 24.9 Å². The summed E-state index contributed by atoms with van der Waals surface area (Å²) in [5.74, 6) is 0.921. The summed E-state index contributed by atoms with van der Waals surface area (Å²) in [4.78, 5) is 4.40. The number of fused-ring (bicyclic) bond motifs is 2. The van der Waals surface area contributed by atoms with E-state index in [0.29, 0.717) is 16.9 Å². The SMILES string of the molecule is CC12CCC(C1)C(C)(C)C2NCCc1ccccn1. The van der Waals surface area contributed by atoms with Gasteiger partial charge in [-0.3, -0.25) is 4.98 Å².